The minimum absolute atomic E-state index is 0.101. The number of benzene rings is 1. The van der Waals surface area contributed by atoms with Crippen molar-refractivity contribution in [2.75, 3.05) is 26.2 Å². The van der Waals surface area contributed by atoms with Crippen molar-refractivity contribution in [1.29, 1.82) is 0 Å². The van der Waals surface area contributed by atoms with Gasteiger partial charge in [0.1, 0.15) is 0 Å². The molecule has 0 spiro atoms. The number of hydrogen-bond donors (Lipinski definition) is 0. The molecule has 0 aliphatic carbocycles. The first-order chi connectivity index (χ1) is 11.6. The molecule has 0 saturated carbocycles. The Balaban J connectivity index is 1.63. The van der Waals surface area contributed by atoms with E-state index in [4.69, 9.17) is 11.6 Å². The average molecular weight is 344 g/mol. The van der Waals surface area contributed by atoms with Crippen LogP contribution in [0.1, 0.15) is 28.0 Å². The largest absolute Gasteiger partial charge is 0.337 e. The Labute approximate surface area is 148 Å². The third-order valence-corrected chi connectivity index (χ3v) is 4.64. The van der Waals surface area contributed by atoms with Crippen molar-refractivity contribution in [3.05, 3.63) is 64.4 Å². The fourth-order valence-corrected chi connectivity index (χ4v) is 3.32. The highest BCUT2D eigenvalue weighted by Gasteiger charge is 2.21. The van der Waals surface area contributed by atoms with Crippen molar-refractivity contribution in [3.8, 4) is 0 Å². The molecule has 2 aromatic rings. The maximum absolute atomic E-state index is 12.8. The molecule has 0 atom stereocenters. The number of carbonyl (C=O) groups is 1. The van der Waals surface area contributed by atoms with Gasteiger partial charge in [0.15, 0.2) is 0 Å². The van der Waals surface area contributed by atoms with Crippen molar-refractivity contribution in [2.24, 2.45) is 0 Å². The number of aryl methyl sites for hydroxylation is 1. The molecular formula is C19H22ClN3O. The van der Waals surface area contributed by atoms with Crippen molar-refractivity contribution < 1.29 is 4.79 Å². The van der Waals surface area contributed by atoms with E-state index in [1.54, 1.807) is 6.07 Å². The number of pyridine rings is 1. The van der Waals surface area contributed by atoms with E-state index in [1.165, 1.54) is 0 Å². The Morgan fingerprint density at radius 3 is 2.79 bits per heavy atom. The third-order valence-electron chi connectivity index (χ3n) is 4.41. The second kappa shape index (κ2) is 7.77. The number of aromatic nitrogens is 1. The smallest absolute Gasteiger partial charge is 0.254 e. The summed E-state index contributed by atoms with van der Waals surface area (Å²) in [4.78, 5) is 21.5. The highest BCUT2D eigenvalue weighted by Crippen LogP contribution is 2.18. The van der Waals surface area contributed by atoms with E-state index in [0.717, 1.165) is 56.0 Å². The first-order valence-corrected chi connectivity index (χ1v) is 8.69. The minimum atomic E-state index is 0.101. The lowest BCUT2D eigenvalue weighted by molar-refractivity contribution is 0.0760. The summed E-state index contributed by atoms with van der Waals surface area (Å²) in [7, 11) is 0. The van der Waals surface area contributed by atoms with Crippen LogP contribution in [0.25, 0.3) is 0 Å². The van der Waals surface area contributed by atoms with Gasteiger partial charge >= 0.3 is 0 Å². The second-order valence-corrected chi connectivity index (χ2v) is 6.64. The topological polar surface area (TPSA) is 36.4 Å². The van der Waals surface area contributed by atoms with Gasteiger partial charge in [0.25, 0.3) is 5.91 Å². The predicted octanol–water partition coefficient (Wildman–Crippen LogP) is 3.39. The Hall–Kier alpha value is -1.91. The normalized spacial score (nSPS) is 16.0. The van der Waals surface area contributed by atoms with E-state index >= 15 is 0 Å². The molecule has 0 N–H and O–H groups in total. The maximum Gasteiger partial charge on any atom is 0.254 e. The van der Waals surface area contributed by atoms with Crippen LogP contribution >= 0.6 is 11.6 Å². The Bertz CT molecular complexity index is 705. The molecule has 1 aliphatic heterocycles. The van der Waals surface area contributed by atoms with E-state index in [2.05, 4.69) is 9.88 Å². The summed E-state index contributed by atoms with van der Waals surface area (Å²) in [5, 5.41) is 0.668. The zero-order valence-electron chi connectivity index (χ0n) is 13.9. The predicted molar refractivity (Wildman–Crippen MR) is 96.2 cm³/mol. The Kier molecular flexibility index (Phi) is 5.48. The van der Waals surface area contributed by atoms with Crippen molar-refractivity contribution in [2.45, 2.75) is 19.9 Å². The van der Waals surface area contributed by atoms with E-state index in [9.17, 15) is 4.79 Å². The van der Waals surface area contributed by atoms with Crippen LogP contribution in [0.15, 0.2) is 42.6 Å². The lowest BCUT2D eigenvalue weighted by atomic mass is 10.1. The van der Waals surface area contributed by atoms with E-state index < -0.39 is 0 Å². The van der Waals surface area contributed by atoms with Gasteiger partial charge in [-0.05, 0) is 49.2 Å². The van der Waals surface area contributed by atoms with Gasteiger partial charge in [0.05, 0.1) is 5.69 Å². The van der Waals surface area contributed by atoms with Gasteiger partial charge in [-0.1, -0.05) is 17.7 Å². The monoisotopic (exact) mass is 343 g/mol. The number of halogens is 1. The minimum Gasteiger partial charge on any atom is -0.337 e. The van der Waals surface area contributed by atoms with Gasteiger partial charge in [-0.15, -0.1) is 0 Å². The van der Waals surface area contributed by atoms with Crippen molar-refractivity contribution in [3.63, 3.8) is 0 Å². The quantitative estimate of drug-likeness (QED) is 0.857. The molecule has 2 heterocycles. The van der Waals surface area contributed by atoms with Crippen LogP contribution in [0.5, 0.6) is 0 Å². The SMILES string of the molecule is Cc1cc(Cl)ccc1C(=O)N1CCCN(Cc2ccccn2)CC1. The summed E-state index contributed by atoms with van der Waals surface area (Å²) in [5.41, 5.74) is 2.76. The first-order valence-electron chi connectivity index (χ1n) is 8.31. The summed E-state index contributed by atoms with van der Waals surface area (Å²) in [6, 6.07) is 11.5. The van der Waals surface area contributed by atoms with Gasteiger partial charge in [0, 0.05) is 49.5 Å². The van der Waals surface area contributed by atoms with Gasteiger partial charge in [0.2, 0.25) is 0 Å². The second-order valence-electron chi connectivity index (χ2n) is 6.20. The van der Waals surface area contributed by atoms with Gasteiger partial charge in [-0.2, -0.15) is 0 Å². The molecule has 1 aromatic heterocycles. The molecule has 1 aromatic carbocycles. The molecule has 126 valence electrons. The standard InChI is InChI=1S/C19H22ClN3O/c1-15-13-16(20)6-7-18(15)19(24)23-10-4-9-22(11-12-23)14-17-5-2-3-8-21-17/h2-3,5-8,13H,4,9-12,14H2,1H3. The zero-order valence-corrected chi connectivity index (χ0v) is 14.7. The van der Waals surface area contributed by atoms with Gasteiger partial charge in [-0.3, -0.25) is 14.7 Å². The molecule has 1 aliphatic rings. The highest BCUT2D eigenvalue weighted by molar-refractivity contribution is 6.30. The molecule has 1 fully saturated rings. The summed E-state index contributed by atoms with van der Waals surface area (Å²) in [5.74, 6) is 0.101. The highest BCUT2D eigenvalue weighted by atomic mass is 35.5. The van der Waals surface area contributed by atoms with Gasteiger partial charge < -0.3 is 4.90 Å². The summed E-state index contributed by atoms with van der Waals surface area (Å²) in [6.45, 7) is 6.16. The fraction of sp³-hybridized carbons (Fsp3) is 0.368. The van der Waals surface area contributed by atoms with E-state index in [1.807, 2.05) is 48.4 Å². The van der Waals surface area contributed by atoms with E-state index in [0.29, 0.717) is 5.02 Å². The van der Waals surface area contributed by atoms with Crippen LogP contribution in [0, 0.1) is 6.92 Å². The zero-order chi connectivity index (χ0) is 16.9. The maximum atomic E-state index is 12.8. The summed E-state index contributed by atoms with van der Waals surface area (Å²) < 4.78 is 0. The summed E-state index contributed by atoms with van der Waals surface area (Å²) in [6.07, 6.45) is 2.80. The van der Waals surface area contributed by atoms with Crippen molar-refractivity contribution in [1.82, 2.24) is 14.8 Å². The lowest BCUT2D eigenvalue weighted by Crippen LogP contribution is -2.35. The lowest BCUT2D eigenvalue weighted by Gasteiger charge is -2.22. The van der Waals surface area contributed by atoms with Crippen LogP contribution in [0.3, 0.4) is 0 Å². The molecule has 1 saturated heterocycles. The number of rotatable bonds is 3. The molecule has 5 heteroatoms. The van der Waals surface area contributed by atoms with Crippen LogP contribution in [-0.2, 0) is 6.54 Å². The van der Waals surface area contributed by atoms with E-state index in [-0.39, 0.29) is 5.91 Å². The van der Waals surface area contributed by atoms with Crippen LogP contribution in [-0.4, -0.2) is 46.9 Å². The first kappa shape index (κ1) is 16.9. The molecule has 24 heavy (non-hydrogen) atoms. The van der Waals surface area contributed by atoms with Crippen LogP contribution in [0.4, 0.5) is 0 Å². The number of amides is 1. The number of nitrogens with zero attached hydrogens (tertiary/aromatic N) is 3. The molecule has 0 unspecified atom stereocenters. The third kappa shape index (κ3) is 4.13. The molecule has 1 amide bonds. The van der Waals surface area contributed by atoms with Gasteiger partial charge in [-0.25, -0.2) is 0 Å². The molecule has 0 bridgehead atoms. The molecule has 3 rings (SSSR count). The van der Waals surface area contributed by atoms with Crippen LogP contribution < -0.4 is 0 Å². The number of hydrogen-bond acceptors (Lipinski definition) is 3. The number of carbonyl (C=O) groups excluding carboxylic acids is 1. The Morgan fingerprint density at radius 2 is 2.04 bits per heavy atom. The molecule has 0 radical (unpaired) electrons. The Morgan fingerprint density at radius 1 is 1.17 bits per heavy atom. The molecule has 4 nitrogen and oxygen atoms in total. The average Bonchev–Trinajstić information content (AvgIpc) is 2.81. The summed E-state index contributed by atoms with van der Waals surface area (Å²) >= 11 is 5.99. The van der Waals surface area contributed by atoms with Crippen LogP contribution in [0.2, 0.25) is 5.02 Å². The fourth-order valence-electron chi connectivity index (χ4n) is 3.09. The van der Waals surface area contributed by atoms with Crippen molar-refractivity contribution >= 4 is 17.5 Å². The molecular weight excluding hydrogens is 322 g/mol.